The summed E-state index contributed by atoms with van der Waals surface area (Å²) in [7, 11) is 0. The average Bonchev–Trinajstić information content (AvgIpc) is 3.36. The van der Waals surface area contributed by atoms with E-state index in [4.69, 9.17) is 4.42 Å². The van der Waals surface area contributed by atoms with Crippen LogP contribution in [0.5, 0.6) is 0 Å². The van der Waals surface area contributed by atoms with E-state index in [9.17, 15) is 9.59 Å². The van der Waals surface area contributed by atoms with Crippen LogP contribution >= 0.6 is 0 Å². The van der Waals surface area contributed by atoms with Crippen molar-refractivity contribution in [1.29, 1.82) is 0 Å². The maximum absolute atomic E-state index is 12.8. The van der Waals surface area contributed by atoms with Gasteiger partial charge < -0.3 is 19.2 Å². The van der Waals surface area contributed by atoms with Crippen molar-refractivity contribution >= 4 is 28.4 Å². The Morgan fingerprint density at radius 2 is 2.11 bits per heavy atom. The highest BCUT2D eigenvalue weighted by Crippen LogP contribution is 2.28. The highest BCUT2D eigenvalue weighted by Gasteiger charge is 2.34. The molecular weight excluding hydrogens is 342 g/mol. The lowest BCUT2D eigenvalue weighted by Gasteiger charge is -2.15. The molecule has 2 aromatic heterocycles. The van der Waals surface area contributed by atoms with Gasteiger partial charge in [0.25, 0.3) is 0 Å². The number of likely N-dealkylation sites (tertiary alicyclic amines) is 1. The van der Waals surface area contributed by atoms with Crippen LogP contribution in [-0.4, -0.2) is 27.8 Å². The van der Waals surface area contributed by atoms with Crippen molar-refractivity contribution in [2.75, 3.05) is 11.9 Å². The molecule has 1 aliphatic heterocycles. The van der Waals surface area contributed by atoms with Gasteiger partial charge in [0.1, 0.15) is 5.76 Å². The second kappa shape index (κ2) is 6.95. The molecule has 1 aromatic carbocycles. The zero-order chi connectivity index (χ0) is 19.0. The van der Waals surface area contributed by atoms with Gasteiger partial charge in [0.15, 0.2) is 0 Å². The Hall–Kier alpha value is -3.02. The maximum Gasteiger partial charge on any atom is 0.229 e. The molecule has 0 spiro atoms. The molecule has 4 rings (SSSR count). The van der Waals surface area contributed by atoms with Crippen LogP contribution in [0.1, 0.15) is 32.1 Å². The van der Waals surface area contributed by atoms with Crippen molar-refractivity contribution in [2.45, 2.75) is 32.9 Å². The Balaban J connectivity index is 1.48. The zero-order valence-corrected chi connectivity index (χ0v) is 15.5. The molecule has 0 radical (unpaired) electrons. The van der Waals surface area contributed by atoms with Gasteiger partial charge in [0.05, 0.1) is 29.9 Å². The molecule has 0 aliphatic carbocycles. The topological polar surface area (TPSA) is 67.5 Å². The first kappa shape index (κ1) is 17.4. The smallest absolute Gasteiger partial charge is 0.229 e. The van der Waals surface area contributed by atoms with E-state index in [1.54, 1.807) is 17.2 Å². The molecule has 0 bridgehead atoms. The molecule has 0 saturated carbocycles. The van der Waals surface area contributed by atoms with E-state index < -0.39 is 0 Å². The number of aromatic nitrogens is 1. The maximum atomic E-state index is 12.8. The van der Waals surface area contributed by atoms with Gasteiger partial charge in [-0.25, -0.2) is 0 Å². The first-order chi connectivity index (χ1) is 13.0. The number of nitrogens with zero attached hydrogens (tertiary/aromatic N) is 2. The molecule has 1 saturated heterocycles. The summed E-state index contributed by atoms with van der Waals surface area (Å²) in [4.78, 5) is 26.7. The number of fused-ring (bicyclic) bond motifs is 1. The SMILES string of the molecule is CC(C)n1ccc2c(NC(=O)[C@@H]3CC(=O)N(Cc4ccco4)C3)cccc21. The molecule has 3 aromatic rings. The number of carbonyl (C=O) groups is 2. The van der Waals surface area contributed by atoms with E-state index in [2.05, 4.69) is 29.8 Å². The summed E-state index contributed by atoms with van der Waals surface area (Å²) in [5.41, 5.74) is 1.87. The molecule has 6 nitrogen and oxygen atoms in total. The lowest BCUT2D eigenvalue weighted by molar-refractivity contribution is -0.128. The van der Waals surface area contributed by atoms with Crippen molar-refractivity contribution in [3.63, 3.8) is 0 Å². The van der Waals surface area contributed by atoms with Crippen molar-refractivity contribution in [3.05, 3.63) is 54.6 Å². The Kier molecular flexibility index (Phi) is 4.48. The number of nitrogens with one attached hydrogen (secondary N) is 1. The van der Waals surface area contributed by atoms with Gasteiger partial charge in [-0.05, 0) is 44.2 Å². The Morgan fingerprint density at radius 3 is 2.85 bits per heavy atom. The molecule has 1 aliphatic rings. The zero-order valence-electron chi connectivity index (χ0n) is 15.5. The number of furan rings is 1. The molecule has 1 fully saturated rings. The minimum Gasteiger partial charge on any atom is -0.467 e. The van der Waals surface area contributed by atoms with Gasteiger partial charge in [-0.15, -0.1) is 0 Å². The van der Waals surface area contributed by atoms with E-state index in [1.165, 1.54) is 0 Å². The third-order valence-electron chi connectivity index (χ3n) is 5.09. The molecule has 1 N–H and O–H groups in total. The average molecular weight is 365 g/mol. The van der Waals surface area contributed by atoms with Crippen molar-refractivity contribution in [1.82, 2.24) is 9.47 Å². The lowest BCUT2D eigenvalue weighted by atomic mass is 10.1. The summed E-state index contributed by atoms with van der Waals surface area (Å²) < 4.78 is 7.48. The van der Waals surface area contributed by atoms with Crippen molar-refractivity contribution in [2.24, 2.45) is 5.92 Å². The van der Waals surface area contributed by atoms with Crippen molar-refractivity contribution in [3.8, 4) is 0 Å². The second-order valence-corrected chi connectivity index (χ2v) is 7.30. The van der Waals surface area contributed by atoms with Gasteiger partial charge >= 0.3 is 0 Å². The van der Waals surface area contributed by atoms with Crippen LogP contribution in [0.15, 0.2) is 53.3 Å². The Morgan fingerprint density at radius 1 is 1.26 bits per heavy atom. The normalized spacial score (nSPS) is 17.2. The highest BCUT2D eigenvalue weighted by molar-refractivity contribution is 6.04. The number of carbonyl (C=O) groups excluding carboxylic acids is 2. The van der Waals surface area contributed by atoms with Gasteiger partial charge in [0, 0.05) is 30.6 Å². The predicted octanol–water partition coefficient (Wildman–Crippen LogP) is 3.80. The number of amides is 2. The molecule has 1 atom stereocenters. The summed E-state index contributed by atoms with van der Waals surface area (Å²) in [6.45, 7) is 5.07. The van der Waals surface area contributed by atoms with E-state index in [0.29, 0.717) is 19.1 Å². The Labute approximate surface area is 157 Å². The van der Waals surface area contributed by atoms with E-state index in [-0.39, 0.29) is 24.2 Å². The molecule has 140 valence electrons. The fourth-order valence-electron chi connectivity index (χ4n) is 3.67. The number of anilines is 1. The monoisotopic (exact) mass is 365 g/mol. The lowest BCUT2D eigenvalue weighted by Crippen LogP contribution is -2.27. The largest absolute Gasteiger partial charge is 0.467 e. The number of hydrogen-bond acceptors (Lipinski definition) is 3. The van der Waals surface area contributed by atoms with Crippen LogP contribution in [0.3, 0.4) is 0 Å². The van der Waals surface area contributed by atoms with Crippen LogP contribution in [-0.2, 0) is 16.1 Å². The third kappa shape index (κ3) is 3.35. The number of hydrogen-bond donors (Lipinski definition) is 1. The molecule has 0 unspecified atom stereocenters. The van der Waals surface area contributed by atoms with Crippen LogP contribution in [0, 0.1) is 5.92 Å². The summed E-state index contributed by atoms with van der Waals surface area (Å²) in [5, 5.41) is 4.03. The standard InChI is InChI=1S/C21H23N3O3/c1-14(2)24-9-8-17-18(6-3-7-19(17)24)22-21(26)15-11-20(25)23(12-15)13-16-5-4-10-27-16/h3-10,14-15H,11-13H2,1-2H3,(H,22,26)/t15-/m1/s1. The van der Waals surface area contributed by atoms with Crippen molar-refractivity contribution < 1.29 is 14.0 Å². The number of rotatable bonds is 5. The summed E-state index contributed by atoms with van der Waals surface area (Å²) >= 11 is 0. The van der Waals surface area contributed by atoms with Crippen LogP contribution in [0.4, 0.5) is 5.69 Å². The summed E-state index contributed by atoms with van der Waals surface area (Å²) in [6.07, 6.45) is 3.86. The molecular formula is C21H23N3O3. The minimum absolute atomic E-state index is 0.0179. The van der Waals surface area contributed by atoms with Gasteiger partial charge in [-0.2, -0.15) is 0 Å². The fraction of sp³-hybridized carbons (Fsp3) is 0.333. The first-order valence-corrected chi connectivity index (χ1v) is 9.23. The number of benzene rings is 1. The van der Waals surface area contributed by atoms with Gasteiger partial charge in [-0.1, -0.05) is 6.07 Å². The molecule has 6 heteroatoms. The Bertz CT molecular complexity index is 972. The van der Waals surface area contributed by atoms with Crippen LogP contribution in [0.2, 0.25) is 0 Å². The van der Waals surface area contributed by atoms with E-state index in [1.807, 2.05) is 30.5 Å². The second-order valence-electron chi connectivity index (χ2n) is 7.30. The van der Waals surface area contributed by atoms with Gasteiger partial charge in [-0.3, -0.25) is 9.59 Å². The van der Waals surface area contributed by atoms with Crippen LogP contribution < -0.4 is 5.32 Å². The summed E-state index contributed by atoms with van der Waals surface area (Å²) in [6, 6.07) is 11.9. The quantitative estimate of drug-likeness (QED) is 0.748. The molecule has 3 heterocycles. The third-order valence-corrected chi connectivity index (χ3v) is 5.09. The minimum atomic E-state index is -0.352. The summed E-state index contributed by atoms with van der Waals surface area (Å²) in [5.74, 6) is 0.241. The molecule has 2 amide bonds. The highest BCUT2D eigenvalue weighted by atomic mass is 16.3. The van der Waals surface area contributed by atoms with Gasteiger partial charge in [0.2, 0.25) is 11.8 Å². The predicted molar refractivity (Wildman–Crippen MR) is 103 cm³/mol. The van der Waals surface area contributed by atoms with Crippen LogP contribution in [0.25, 0.3) is 10.9 Å². The molecule has 27 heavy (non-hydrogen) atoms. The first-order valence-electron chi connectivity index (χ1n) is 9.23. The van der Waals surface area contributed by atoms with E-state index >= 15 is 0 Å². The fourth-order valence-corrected chi connectivity index (χ4v) is 3.67. The van der Waals surface area contributed by atoms with E-state index in [0.717, 1.165) is 22.4 Å².